The van der Waals surface area contributed by atoms with Crippen molar-refractivity contribution in [2.24, 2.45) is 5.92 Å². The van der Waals surface area contributed by atoms with Gasteiger partial charge in [0.25, 0.3) is 5.91 Å². The van der Waals surface area contributed by atoms with Crippen LogP contribution in [0, 0.1) is 5.92 Å². The molecule has 1 aliphatic heterocycles. The van der Waals surface area contributed by atoms with E-state index in [2.05, 4.69) is 10.2 Å². The topological polar surface area (TPSA) is 66.1 Å². The number of likely N-dealkylation sites (tertiary alicyclic amines) is 1. The van der Waals surface area contributed by atoms with Gasteiger partial charge in [-0.2, -0.15) is 5.10 Å². The Bertz CT molecular complexity index is 1040. The van der Waals surface area contributed by atoms with Gasteiger partial charge in [-0.25, -0.2) is 0 Å². The van der Waals surface area contributed by atoms with E-state index in [1.807, 2.05) is 30.3 Å². The highest BCUT2D eigenvalue weighted by atomic mass is 35.5. The van der Waals surface area contributed by atoms with Gasteiger partial charge in [-0.1, -0.05) is 53.5 Å². The average molecular weight is 428 g/mol. The second-order valence-electron chi connectivity index (χ2n) is 7.08. The molecule has 1 saturated heterocycles. The first-order valence-corrected chi connectivity index (χ1v) is 10.2. The minimum atomic E-state index is -0.130. The lowest BCUT2D eigenvalue weighted by molar-refractivity contribution is 0.0651. The van der Waals surface area contributed by atoms with Crippen LogP contribution in [-0.4, -0.2) is 39.9 Å². The molecule has 1 aromatic heterocycles. The molecule has 0 radical (unpaired) electrons. The number of halogens is 2. The molecule has 3 aromatic rings. The van der Waals surface area contributed by atoms with E-state index in [4.69, 9.17) is 23.2 Å². The number of ketones is 1. The minimum Gasteiger partial charge on any atom is -0.338 e. The van der Waals surface area contributed by atoms with Crippen LogP contribution in [0.25, 0.3) is 11.3 Å². The van der Waals surface area contributed by atoms with Crippen molar-refractivity contribution >= 4 is 34.9 Å². The summed E-state index contributed by atoms with van der Waals surface area (Å²) in [5.74, 6) is -0.156. The lowest BCUT2D eigenvalue weighted by Gasteiger charge is -2.31. The molecule has 0 bridgehead atoms. The molecule has 1 fully saturated rings. The molecule has 0 spiro atoms. The number of H-pyrrole nitrogens is 1. The zero-order valence-corrected chi connectivity index (χ0v) is 17.1. The summed E-state index contributed by atoms with van der Waals surface area (Å²) in [6.45, 7) is 1.05. The molecule has 5 nitrogen and oxygen atoms in total. The number of hydrogen-bond donors (Lipinski definition) is 1. The van der Waals surface area contributed by atoms with Gasteiger partial charge in [-0.3, -0.25) is 14.7 Å². The third-order valence-corrected chi connectivity index (χ3v) is 6.03. The smallest absolute Gasteiger partial charge is 0.257 e. The van der Waals surface area contributed by atoms with E-state index in [9.17, 15) is 9.59 Å². The third kappa shape index (κ3) is 4.07. The van der Waals surface area contributed by atoms with Crippen molar-refractivity contribution in [2.45, 2.75) is 12.8 Å². The fourth-order valence-corrected chi connectivity index (χ4v) is 3.97. The van der Waals surface area contributed by atoms with Crippen LogP contribution < -0.4 is 0 Å². The highest BCUT2D eigenvalue weighted by Crippen LogP contribution is 2.28. The van der Waals surface area contributed by atoms with Crippen molar-refractivity contribution in [3.63, 3.8) is 0 Å². The van der Waals surface area contributed by atoms with Crippen LogP contribution in [0.5, 0.6) is 0 Å². The summed E-state index contributed by atoms with van der Waals surface area (Å²) in [5.41, 5.74) is 2.73. The van der Waals surface area contributed by atoms with E-state index in [1.165, 1.54) is 0 Å². The molecule has 4 rings (SSSR count). The fraction of sp³-hybridized carbons (Fsp3) is 0.227. The summed E-state index contributed by atoms with van der Waals surface area (Å²) in [6.07, 6.45) is 2.80. The van der Waals surface area contributed by atoms with E-state index < -0.39 is 0 Å². The number of carbonyl (C=O) groups excluding carboxylic acids is 2. The number of benzene rings is 2. The lowest BCUT2D eigenvalue weighted by atomic mass is 9.88. The van der Waals surface area contributed by atoms with Gasteiger partial charge in [0.15, 0.2) is 5.78 Å². The van der Waals surface area contributed by atoms with Crippen molar-refractivity contribution < 1.29 is 9.59 Å². The number of aromatic amines is 1. The fourth-order valence-electron chi connectivity index (χ4n) is 3.67. The number of rotatable bonds is 4. The maximum absolute atomic E-state index is 13.0. The number of nitrogens with one attached hydrogen (secondary N) is 1. The predicted molar refractivity (Wildman–Crippen MR) is 113 cm³/mol. The monoisotopic (exact) mass is 427 g/mol. The molecule has 1 aliphatic rings. The van der Waals surface area contributed by atoms with Crippen LogP contribution in [0.15, 0.2) is 54.7 Å². The summed E-state index contributed by atoms with van der Waals surface area (Å²) in [4.78, 5) is 27.6. The number of aromatic nitrogens is 2. The highest BCUT2D eigenvalue weighted by Gasteiger charge is 2.30. The Kier molecular flexibility index (Phi) is 5.69. The Morgan fingerprint density at radius 1 is 1.00 bits per heavy atom. The van der Waals surface area contributed by atoms with Crippen LogP contribution in [0.3, 0.4) is 0 Å². The van der Waals surface area contributed by atoms with Crippen LogP contribution in [0.2, 0.25) is 10.0 Å². The number of Topliss-reactive ketones (excluding diaryl/α,β-unsaturated/α-hetero) is 1. The Morgan fingerprint density at radius 2 is 1.72 bits per heavy atom. The van der Waals surface area contributed by atoms with E-state index in [0.717, 1.165) is 5.56 Å². The summed E-state index contributed by atoms with van der Waals surface area (Å²) in [7, 11) is 0. The molecule has 7 heteroatoms. The number of hydrogen-bond acceptors (Lipinski definition) is 3. The first-order chi connectivity index (χ1) is 14.0. The summed E-state index contributed by atoms with van der Waals surface area (Å²) < 4.78 is 0. The van der Waals surface area contributed by atoms with Gasteiger partial charge in [-0.15, -0.1) is 0 Å². The van der Waals surface area contributed by atoms with Crippen molar-refractivity contribution in [1.29, 1.82) is 0 Å². The molecule has 2 aromatic carbocycles. The first kappa shape index (κ1) is 19.7. The Labute approximate surface area is 178 Å². The van der Waals surface area contributed by atoms with Gasteiger partial charge in [0.1, 0.15) is 0 Å². The van der Waals surface area contributed by atoms with E-state index in [-0.39, 0.29) is 17.6 Å². The quantitative estimate of drug-likeness (QED) is 0.587. The summed E-state index contributed by atoms with van der Waals surface area (Å²) >= 11 is 12.0. The lowest BCUT2D eigenvalue weighted by Crippen LogP contribution is -2.40. The molecule has 2 heterocycles. The molecule has 0 aliphatic carbocycles. The summed E-state index contributed by atoms with van der Waals surface area (Å²) in [5, 5.41) is 7.79. The molecule has 0 atom stereocenters. The molecule has 148 valence electrons. The molecular formula is C22H19Cl2N3O2. The van der Waals surface area contributed by atoms with Gasteiger partial charge in [-0.05, 0) is 31.0 Å². The summed E-state index contributed by atoms with van der Waals surface area (Å²) in [6, 6.07) is 14.6. The van der Waals surface area contributed by atoms with Crippen molar-refractivity contribution in [3.8, 4) is 11.3 Å². The second-order valence-corrected chi connectivity index (χ2v) is 7.90. The largest absolute Gasteiger partial charge is 0.338 e. The van der Waals surface area contributed by atoms with Crippen LogP contribution in [0.1, 0.15) is 33.6 Å². The Balaban J connectivity index is 1.44. The van der Waals surface area contributed by atoms with E-state index in [1.54, 1.807) is 29.3 Å². The zero-order valence-electron chi connectivity index (χ0n) is 15.6. The third-order valence-electron chi connectivity index (χ3n) is 5.29. The SMILES string of the molecule is O=C(c1ccc(Cl)c(Cl)c1)C1CCN(C(=O)c2cn[nH]c2-c2ccccc2)CC1. The van der Waals surface area contributed by atoms with Gasteiger partial charge in [0.05, 0.1) is 27.5 Å². The maximum atomic E-state index is 13.0. The molecular weight excluding hydrogens is 409 g/mol. The number of carbonyl (C=O) groups is 2. The number of amides is 1. The highest BCUT2D eigenvalue weighted by molar-refractivity contribution is 6.42. The van der Waals surface area contributed by atoms with E-state index >= 15 is 0 Å². The number of piperidine rings is 1. The van der Waals surface area contributed by atoms with Crippen molar-refractivity contribution in [2.75, 3.05) is 13.1 Å². The maximum Gasteiger partial charge on any atom is 0.257 e. The average Bonchev–Trinajstić information content (AvgIpc) is 3.25. The molecule has 1 amide bonds. The van der Waals surface area contributed by atoms with Crippen LogP contribution in [0.4, 0.5) is 0 Å². The van der Waals surface area contributed by atoms with Crippen LogP contribution >= 0.6 is 23.2 Å². The molecule has 1 N–H and O–H groups in total. The Morgan fingerprint density at radius 3 is 2.41 bits per heavy atom. The van der Waals surface area contributed by atoms with Gasteiger partial charge in [0.2, 0.25) is 0 Å². The first-order valence-electron chi connectivity index (χ1n) is 9.42. The van der Waals surface area contributed by atoms with Gasteiger partial charge < -0.3 is 4.90 Å². The van der Waals surface area contributed by atoms with Gasteiger partial charge in [0, 0.05) is 30.1 Å². The second kappa shape index (κ2) is 8.39. The standard InChI is InChI=1S/C22H19Cl2N3O2/c23-18-7-6-16(12-19(18)24)21(28)15-8-10-27(11-9-15)22(29)17-13-25-26-20(17)14-4-2-1-3-5-14/h1-7,12-13,15H,8-11H2,(H,25,26). The van der Waals surface area contributed by atoms with Crippen LogP contribution in [-0.2, 0) is 0 Å². The van der Waals surface area contributed by atoms with Crippen molar-refractivity contribution in [1.82, 2.24) is 15.1 Å². The van der Waals surface area contributed by atoms with E-state index in [0.29, 0.717) is 52.8 Å². The minimum absolute atomic E-state index is 0.0453. The molecule has 0 saturated carbocycles. The molecule has 0 unspecified atom stereocenters. The number of nitrogens with zero attached hydrogens (tertiary/aromatic N) is 2. The zero-order chi connectivity index (χ0) is 20.4. The van der Waals surface area contributed by atoms with Crippen molar-refractivity contribution in [3.05, 3.63) is 75.9 Å². The normalized spacial score (nSPS) is 14.8. The predicted octanol–water partition coefficient (Wildman–Crippen LogP) is 5.12. The Hall–Kier alpha value is -2.63. The molecule has 29 heavy (non-hydrogen) atoms. The van der Waals surface area contributed by atoms with Gasteiger partial charge >= 0.3 is 0 Å².